The molecule has 1 aromatic carbocycles. The minimum Gasteiger partial charge on any atom is -0.477 e. The third-order valence-electron chi connectivity index (χ3n) is 5.91. The molecule has 5 rings (SSSR count). The number of aromatic nitrogens is 4. The Morgan fingerprint density at radius 1 is 1.19 bits per heavy atom. The number of nitrogens with zero attached hydrogens (tertiary/aromatic N) is 5. The van der Waals surface area contributed by atoms with Crippen molar-refractivity contribution in [2.24, 2.45) is 0 Å². The average Bonchev–Trinajstić information content (AvgIpc) is 3.24. The SMILES string of the molecule is O=C(O)c1cn(-c2cnccn2)c2cc(N3C[C@@H](F)C[C@@H]3COc3ncccc3Cl)c(Cl)cc2c1=O. The molecule has 0 bridgehead atoms. The van der Waals surface area contributed by atoms with Gasteiger partial charge < -0.3 is 14.7 Å². The normalized spacial score (nSPS) is 17.5. The van der Waals surface area contributed by atoms with Gasteiger partial charge in [-0.1, -0.05) is 23.2 Å². The van der Waals surface area contributed by atoms with Crippen LogP contribution in [0.2, 0.25) is 10.0 Å². The first-order chi connectivity index (χ1) is 17.3. The van der Waals surface area contributed by atoms with E-state index >= 15 is 0 Å². The minimum absolute atomic E-state index is 0.0534. The smallest absolute Gasteiger partial charge is 0.341 e. The molecule has 1 saturated heterocycles. The maximum Gasteiger partial charge on any atom is 0.341 e. The van der Waals surface area contributed by atoms with E-state index in [4.69, 9.17) is 27.9 Å². The van der Waals surface area contributed by atoms with Gasteiger partial charge in [-0.05, 0) is 24.3 Å². The van der Waals surface area contributed by atoms with Crippen molar-refractivity contribution in [3.63, 3.8) is 0 Å². The van der Waals surface area contributed by atoms with Crippen LogP contribution in [0.4, 0.5) is 10.1 Å². The number of pyridine rings is 2. The van der Waals surface area contributed by atoms with Crippen molar-refractivity contribution in [2.75, 3.05) is 18.1 Å². The first-order valence-corrected chi connectivity index (χ1v) is 11.6. The molecule has 3 aromatic heterocycles. The number of ether oxygens (including phenoxy) is 1. The van der Waals surface area contributed by atoms with Crippen LogP contribution < -0.4 is 15.1 Å². The molecule has 0 amide bonds. The zero-order valence-electron chi connectivity index (χ0n) is 18.5. The molecular weight excluding hydrogens is 512 g/mol. The Labute approximate surface area is 213 Å². The molecule has 0 spiro atoms. The van der Waals surface area contributed by atoms with Crippen LogP contribution in [0, 0.1) is 0 Å². The molecule has 36 heavy (non-hydrogen) atoms. The van der Waals surface area contributed by atoms with Crippen LogP contribution in [0.15, 0.2) is 60.0 Å². The molecule has 1 fully saturated rings. The second-order valence-corrected chi connectivity index (χ2v) is 8.99. The van der Waals surface area contributed by atoms with Crippen LogP contribution in [-0.2, 0) is 0 Å². The number of hydrogen-bond donors (Lipinski definition) is 1. The molecule has 0 saturated carbocycles. The Hall–Kier alpha value is -3.76. The zero-order valence-corrected chi connectivity index (χ0v) is 20.0. The van der Waals surface area contributed by atoms with Gasteiger partial charge in [0, 0.05) is 43.1 Å². The van der Waals surface area contributed by atoms with E-state index in [0.717, 1.165) is 0 Å². The number of anilines is 1. The standard InChI is InChI=1S/C24H18Cl2FN5O4/c25-17-2-1-3-30-23(17)36-12-14-6-13(27)10-31(14)20-8-19-15(7-18(20)26)22(33)16(24(34)35)11-32(19)21-9-28-4-5-29-21/h1-5,7-9,11,13-14H,6,10,12H2,(H,34,35)/t13-,14+/m0/s1. The van der Waals surface area contributed by atoms with Gasteiger partial charge in [0.1, 0.15) is 23.4 Å². The van der Waals surface area contributed by atoms with Gasteiger partial charge in [0.05, 0.1) is 28.5 Å². The van der Waals surface area contributed by atoms with Crippen molar-refractivity contribution in [2.45, 2.75) is 18.6 Å². The second-order valence-electron chi connectivity index (χ2n) is 8.17. The van der Waals surface area contributed by atoms with Gasteiger partial charge in [-0.2, -0.15) is 0 Å². The summed E-state index contributed by atoms with van der Waals surface area (Å²) in [5, 5.41) is 10.2. The van der Waals surface area contributed by atoms with Crippen LogP contribution >= 0.6 is 23.2 Å². The summed E-state index contributed by atoms with van der Waals surface area (Å²) in [5.41, 5.74) is -0.328. The molecule has 0 unspecified atom stereocenters. The van der Waals surface area contributed by atoms with Gasteiger partial charge >= 0.3 is 5.97 Å². The fourth-order valence-corrected chi connectivity index (χ4v) is 4.73. The van der Waals surface area contributed by atoms with Crippen molar-refractivity contribution in [1.82, 2.24) is 19.5 Å². The molecule has 12 heteroatoms. The number of fused-ring (bicyclic) bond motifs is 1. The first kappa shape index (κ1) is 24.0. The van der Waals surface area contributed by atoms with Crippen molar-refractivity contribution in [3.8, 4) is 11.7 Å². The van der Waals surface area contributed by atoms with Gasteiger partial charge in [-0.3, -0.25) is 14.3 Å². The minimum atomic E-state index is -1.38. The molecule has 9 nitrogen and oxygen atoms in total. The Morgan fingerprint density at radius 2 is 2.03 bits per heavy atom. The molecular formula is C24H18Cl2FN5O4. The highest BCUT2D eigenvalue weighted by atomic mass is 35.5. The van der Waals surface area contributed by atoms with Crippen molar-refractivity contribution >= 4 is 45.8 Å². The molecule has 2 atom stereocenters. The van der Waals surface area contributed by atoms with Crippen LogP contribution in [0.5, 0.6) is 5.88 Å². The van der Waals surface area contributed by atoms with E-state index in [1.165, 1.54) is 35.4 Å². The molecule has 184 valence electrons. The number of carbonyl (C=O) groups is 1. The van der Waals surface area contributed by atoms with Crippen molar-refractivity contribution in [3.05, 3.63) is 81.1 Å². The number of rotatable bonds is 6. The molecule has 1 aliphatic rings. The highest BCUT2D eigenvalue weighted by Crippen LogP contribution is 2.36. The first-order valence-electron chi connectivity index (χ1n) is 10.9. The van der Waals surface area contributed by atoms with Gasteiger partial charge in [0.15, 0.2) is 5.82 Å². The summed E-state index contributed by atoms with van der Waals surface area (Å²) < 4.78 is 21.8. The number of aromatic carboxylic acids is 1. The summed E-state index contributed by atoms with van der Waals surface area (Å²) in [7, 11) is 0. The molecule has 0 aliphatic carbocycles. The number of halogens is 3. The number of alkyl halides is 1. The predicted molar refractivity (Wildman–Crippen MR) is 132 cm³/mol. The van der Waals surface area contributed by atoms with E-state index < -0.39 is 29.2 Å². The molecule has 1 N–H and O–H groups in total. The summed E-state index contributed by atoms with van der Waals surface area (Å²) in [4.78, 5) is 38.8. The Kier molecular flexibility index (Phi) is 6.46. The Balaban J connectivity index is 1.60. The zero-order chi connectivity index (χ0) is 25.4. The van der Waals surface area contributed by atoms with Crippen molar-refractivity contribution in [1.29, 1.82) is 0 Å². The molecule has 0 radical (unpaired) electrons. The monoisotopic (exact) mass is 529 g/mol. The van der Waals surface area contributed by atoms with E-state index in [2.05, 4.69) is 15.0 Å². The van der Waals surface area contributed by atoms with Gasteiger partial charge in [-0.25, -0.2) is 19.2 Å². The molecule has 1 aliphatic heterocycles. The van der Waals surface area contributed by atoms with E-state index in [1.807, 2.05) is 0 Å². The van der Waals surface area contributed by atoms with E-state index in [0.29, 0.717) is 22.0 Å². The van der Waals surface area contributed by atoms with Gasteiger partial charge in [0.2, 0.25) is 11.3 Å². The quantitative estimate of drug-likeness (QED) is 0.396. The lowest BCUT2D eigenvalue weighted by Crippen LogP contribution is -2.34. The largest absolute Gasteiger partial charge is 0.477 e. The lowest BCUT2D eigenvalue weighted by molar-refractivity contribution is 0.0695. The fourth-order valence-electron chi connectivity index (χ4n) is 4.28. The fraction of sp³-hybridized carbons (Fsp3) is 0.208. The number of benzene rings is 1. The molecule has 4 aromatic rings. The second kappa shape index (κ2) is 9.71. The van der Waals surface area contributed by atoms with E-state index in [9.17, 15) is 19.1 Å². The summed E-state index contributed by atoms with van der Waals surface area (Å²) >= 11 is 12.7. The van der Waals surface area contributed by atoms with Gasteiger partial charge in [0.25, 0.3) is 0 Å². The summed E-state index contributed by atoms with van der Waals surface area (Å²) in [6.45, 7) is 0.151. The Morgan fingerprint density at radius 3 is 2.75 bits per heavy atom. The number of hydrogen-bond acceptors (Lipinski definition) is 7. The predicted octanol–water partition coefficient (Wildman–Crippen LogP) is 4.18. The highest BCUT2D eigenvalue weighted by molar-refractivity contribution is 6.34. The summed E-state index contributed by atoms with van der Waals surface area (Å²) in [6, 6.07) is 5.94. The van der Waals surface area contributed by atoms with Crippen LogP contribution in [0.25, 0.3) is 16.7 Å². The molecule has 4 heterocycles. The number of carboxylic acids is 1. The topological polar surface area (TPSA) is 110 Å². The van der Waals surface area contributed by atoms with Crippen LogP contribution in [0.1, 0.15) is 16.8 Å². The maximum atomic E-state index is 14.6. The Bertz CT molecular complexity index is 1520. The van der Waals surface area contributed by atoms with Crippen molar-refractivity contribution < 1.29 is 19.0 Å². The maximum absolute atomic E-state index is 14.6. The van der Waals surface area contributed by atoms with Crippen LogP contribution in [0.3, 0.4) is 0 Å². The van der Waals surface area contributed by atoms with Gasteiger partial charge in [-0.15, -0.1) is 0 Å². The number of carboxylic acid groups (broad SMARTS) is 1. The third-order valence-corrected chi connectivity index (χ3v) is 6.50. The van der Waals surface area contributed by atoms with E-state index in [-0.39, 0.29) is 35.9 Å². The average molecular weight is 530 g/mol. The summed E-state index contributed by atoms with van der Waals surface area (Å²) in [6.07, 6.45) is 6.14. The lowest BCUT2D eigenvalue weighted by Gasteiger charge is -2.28. The third kappa shape index (κ3) is 4.45. The highest BCUT2D eigenvalue weighted by Gasteiger charge is 2.34. The van der Waals surface area contributed by atoms with Crippen LogP contribution in [-0.4, -0.2) is 56.0 Å². The summed E-state index contributed by atoms with van der Waals surface area (Å²) in [5.74, 6) is -0.846. The lowest BCUT2D eigenvalue weighted by atomic mass is 10.1. The van der Waals surface area contributed by atoms with E-state index in [1.54, 1.807) is 29.3 Å².